The minimum atomic E-state index is -4.42. The molecule has 3 heterocycles. The molecule has 210 valence electrons. The topological polar surface area (TPSA) is 89.2 Å². The van der Waals surface area contributed by atoms with Gasteiger partial charge in [0.25, 0.3) is 0 Å². The molecule has 1 aliphatic heterocycles. The number of rotatable bonds is 8. The standard InChI is InChI=1S/C30H33F3N6O/c1-19(2)18-39-15-4-3-7-23(39)17-35-29-36-24(20-9-12-22(13-10-20)30(31,32)33)16-27(38-29)40-25-8-5-6-21-11-14-26(34)37-28(21)25/h5-6,8-14,16,19,23H,3-4,7,15,17-18H2,1-2H3,(H2,34,37)(H,35,36,38)/t23-/m1/s1. The molecule has 0 spiro atoms. The normalized spacial score (nSPS) is 16.4. The van der Waals surface area contributed by atoms with Gasteiger partial charge in [-0.2, -0.15) is 18.2 Å². The van der Waals surface area contributed by atoms with E-state index in [-0.39, 0.29) is 5.88 Å². The Kier molecular flexibility index (Phi) is 8.07. The fourth-order valence-electron chi connectivity index (χ4n) is 5.07. The van der Waals surface area contributed by atoms with E-state index >= 15 is 0 Å². The zero-order chi connectivity index (χ0) is 28.3. The lowest BCUT2D eigenvalue weighted by atomic mass is 10.0. The molecule has 40 heavy (non-hydrogen) atoms. The Labute approximate surface area is 231 Å². The van der Waals surface area contributed by atoms with Crippen molar-refractivity contribution in [1.29, 1.82) is 0 Å². The molecule has 7 nitrogen and oxygen atoms in total. The molecule has 1 saturated heterocycles. The summed E-state index contributed by atoms with van der Waals surface area (Å²) in [5, 5.41) is 4.23. The summed E-state index contributed by atoms with van der Waals surface area (Å²) < 4.78 is 45.7. The van der Waals surface area contributed by atoms with Crippen molar-refractivity contribution >= 4 is 22.7 Å². The van der Waals surface area contributed by atoms with Gasteiger partial charge in [0.2, 0.25) is 11.8 Å². The molecule has 0 amide bonds. The summed E-state index contributed by atoms with van der Waals surface area (Å²) in [6.45, 7) is 7.16. The molecule has 1 atom stereocenters. The van der Waals surface area contributed by atoms with Crippen LogP contribution in [-0.4, -0.2) is 45.5 Å². The van der Waals surface area contributed by atoms with E-state index < -0.39 is 11.7 Å². The Balaban J connectivity index is 1.47. The number of nitrogens with two attached hydrogens (primary N) is 1. The van der Waals surface area contributed by atoms with Crippen LogP contribution in [0.15, 0.2) is 60.7 Å². The number of halogens is 3. The number of anilines is 2. The van der Waals surface area contributed by atoms with Crippen LogP contribution in [0.1, 0.15) is 38.7 Å². The van der Waals surface area contributed by atoms with Gasteiger partial charge >= 0.3 is 6.18 Å². The van der Waals surface area contributed by atoms with Gasteiger partial charge in [-0.1, -0.05) is 44.5 Å². The Morgan fingerprint density at radius 2 is 1.82 bits per heavy atom. The van der Waals surface area contributed by atoms with Crippen molar-refractivity contribution in [3.63, 3.8) is 0 Å². The van der Waals surface area contributed by atoms with E-state index in [0.29, 0.717) is 52.8 Å². The summed E-state index contributed by atoms with van der Waals surface area (Å²) in [6.07, 6.45) is -0.995. The lowest BCUT2D eigenvalue weighted by Crippen LogP contribution is -2.45. The zero-order valence-electron chi connectivity index (χ0n) is 22.6. The molecule has 0 bridgehead atoms. The highest BCUT2D eigenvalue weighted by atomic mass is 19.4. The Morgan fingerprint density at radius 1 is 1.02 bits per heavy atom. The summed E-state index contributed by atoms with van der Waals surface area (Å²) in [5.74, 6) is 1.96. The summed E-state index contributed by atoms with van der Waals surface area (Å²) in [4.78, 5) is 16.2. The van der Waals surface area contributed by atoms with Crippen molar-refractivity contribution in [2.24, 2.45) is 5.92 Å². The minimum absolute atomic E-state index is 0.242. The van der Waals surface area contributed by atoms with Crippen LogP contribution in [0.4, 0.5) is 24.9 Å². The van der Waals surface area contributed by atoms with Gasteiger partial charge < -0.3 is 15.8 Å². The summed E-state index contributed by atoms with van der Waals surface area (Å²) in [6, 6.07) is 16.0. The molecule has 0 unspecified atom stereocenters. The predicted octanol–water partition coefficient (Wildman–Crippen LogP) is 7.01. The van der Waals surface area contributed by atoms with E-state index in [2.05, 4.69) is 39.0 Å². The van der Waals surface area contributed by atoms with Crippen molar-refractivity contribution in [2.75, 3.05) is 30.7 Å². The van der Waals surface area contributed by atoms with Gasteiger partial charge in [0.05, 0.1) is 11.3 Å². The lowest BCUT2D eigenvalue weighted by Gasteiger charge is -2.36. The van der Waals surface area contributed by atoms with Gasteiger partial charge in [0.15, 0.2) is 5.75 Å². The second-order valence-corrected chi connectivity index (χ2v) is 10.6. The number of benzene rings is 2. The zero-order valence-corrected chi connectivity index (χ0v) is 22.6. The second kappa shape index (κ2) is 11.7. The SMILES string of the molecule is CC(C)CN1CCCC[C@@H]1CNc1nc(Oc2cccc3ccc(N)nc23)cc(-c2ccc(C(F)(F)F)cc2)n1. The third-order valence-corrected chi connectivity index (χ3v) is 6.97. The Morgan fingerprint density at radius 3 is 2.58 bits per heavy atom. The highest BCUT2D eigenvalue weighted by molar-refractivity contribution is 5.86. The average molecular weight is 551 g/mol. The van der Waals surface area contributed by atoms with Crippen LogP contribution >= 0.6 is 0 Å². The number of hydrogen-bond acceptors (Lipinski definition) is 7. The molecule has 5 rings (SSSR count). The van der Waals surface area contributed by atoms with Crippen molar-refractivity contribution in [3.8, 4) is 22.9 Å². The van der Waals surface area contributed by atoms with Crippen molar-refractivity contribution in [2.45, 2.75) is 45.3 Å². The lowest BCUT2D eigenvalue weighted by molar-refractivity contribution is -0.137. The van der Waals surface area contributed by atoms with Crippen molar-refractivity contribution in [1.82, 2.24) is 19.9 Å². The van der Waals surface area contributed by atoms with Gasteiger partial charge in [-0.25, -0.2) is 9.97 Å². The molecule has 0 aliphatic carbocycles. The van der Waals surface area contributed by atoms with Crippen molar-refractivity contribution in [3.05, 3.63) is 66.2 Å². The molecule has 0 saturated carbocycles. The quantitative estimate of drug-likeness (QED) is 0.244. The molecule has 2 aromatic heterocycles. The number of piperidine rings is 1. The number of alkyl halides is 3. The number of aromatic nitrogens is 3. The third kappa shape index (κ3) is 6.62. The van der Waals surface area contributed by atoms with Crippen LogP contribution in [0.3, 0.4) is 0 Å². The molecule has 3 N–H and O–H groups in total. The third-order valence-electron chi connectivity index (χ3n) is 6.97. The Bertz CT molecular complexity index is 1460. The van der Waals surface area contributed by atoms with Gasteiger partial charge in [-0.05, 0) is 55.6 Å². The number of para-hydroxylation sites is 1. The first kappa shape index (κ1) is 27.6. The fraction of sp³-hybridized carbons (Fsp3) is 0.367. The molecular formula is C30H33F3N6O. The average Bonchev–Trinajstić information content (AvgIpc) is 2.92. The number of fused-ring (bicyclic) bond motifs is 1. The van der Waals surface area contributed by atoms with Crippen LogP contribution < -0.4 is 15.8 Å². The Hall–Kier alpha value is -3.92. The second-order valence-electron chi connectivity index (χ2n) is 10.6. The molecule has 10 heteroatoms. The van der Waals surface area contributed by atoms with E-state index in [1.165, 1.54) is 25.0 Å². The number of nitrogens with one attached hydrogen (secondary N) is 1. The predicted molar refractivity (Wildman–Crippen MR) is 151 cm³/mol. The van der Waals surface area contributed by atoms with Gasteiger partial charge in [0, 0.05) is 36.1 Å². The summed E-state index contributed by atoms with van der Waals surface area (Å²) >= 11 is 0. The van der Waals surface area contributed by atoms with Gasteiger partial charge in [-0.3, -0.25) is 4.90 Å². The van der Waals surface area contributed by atoms with Gasteiger partial charge in [-0.15, -0.1) is 0 Å². The highest BCUT2D eigenvalue weighted by Gasteiger charge is 2.30. The number of likely N-dealkylation sites (tertiary alicyclic amines) is 1. The van der Waals surface area contributed by atoms with E-state index in [9.17, 15) is 13.2 Å². The molecule has 2 aromatic carbocycles. The maximum absolute atomic E-state index is 13.2. The van der Waals surface area contributed by atoms with E-state index in [0.717, 1.165) is 37.0 Å². The van der Waals surface area contributed by atoms with Crippen molar-refractivity contribution < 1.29 is 17.9 Å². The van der Waals surface area contributed by atoms with Crippen LogP contribution in [0.5, 0.6) is 11.6 Å². The number of hydrogen-bond donors (Lipinski definition) is 2. The van der Waals surface area contributed by atoms with E-state index in [4.69, 9.17) is 10.5 Å². The largest absolute Gasteiger partial charge is 0.437 e. The molecule has 1 fully saturated rings. The number of nitrogens with zero attached hydrogens (tertiary/aromatic N) is 4. The maximum Gasteiger partial charge on any atom is 0.416 e. The van der Waals surface area contributed by atoms with Crippen LogP contribution in [-0.2, 0) is 6.18 Å². The first-order valence-corrected chi connectivity index (χ1v) is 13.5. The van der Waals surface area contributed by atoms with Crippen LogP contribution in [0.25, 0.3) is 22.2 Å². The first-order chi connectivity index (χ1) is 19.2. The number of nitrogen functional groups attached to an aromatic ring is 1. The molecular weight excluding hydrogens is 517 g/mol. The summed E-state index contributed by atoms with van der Waals surface area (Å²) in [7, 11) is 0. The van der Waals surface area contributed by atoms with E-state index in [1.807, 2.05) is 18.2 Å². The molecule has 0 radical (unpaired) electrons. The monoisotopic (exact) mass is 550 g/mol. The molecule has 4 aromatic rings. The highest BCUT2D eigenvalue weighted by Crippen LogP contribution is 2.33. The number of pyridine rings is 1. The smallest absolute Gasteiger partial charge is 0.416 e. The minimum Gasteiger partial charge on any atom is -0.437 e. The fourth-order valence-corrected chi connectivity index (χ4v) is 5.07. The van der Waals surface area contributed by atoms with E-state index in [1.54, 1.807) is 18.2 Å². The first-order valence-electron chi connectivity index (χ1n) is 13.5. The molecule has 1 aliphatic rings. The van der Waals surface area contributed by atoms with Crippen LogP contribution in [0, 0.1) is 5.92 Å². The maximum atomic E-state index is 13.2. The van der Waals surface area contributed by atoms with Gasteiger partial charge in [0.1, 0.15) is 11.3 Å². The van der Waals surface area contributed by atoms with Crippen LogP contribution in [0.2, 0.25) is 0 Å². The number of ether oxygens (including phenoxy) is 1. The summed E-state index contributed by atoms with van der Waals surface area (Å²) in [5.41, 5.74) is 6.74.